The minimum absolute atomic E-state index is 0.00188. The summed E-state index contributed by atoms with van der Waals surface area (Å²) in [5.41, 5.74) is -2.16. The molecule has 0 saturated carbocycles. The second-order valence-electron chi connectivity index (χ2n) is 8.23. The van der Waals surface area contributed by atoms with Crippen LogP contribution in [0.5, 0.6) is 0 Å². The van der Waals surface area contributed by atoms with E-state index >= 15 is 0 Å². The Morgan fingerprint density at radius 1 is 0.946 bits per heavy atom. The number of alkyl halides is 3. The summed E-state index contributed by atoms with van der Waals surface area (Å²) in [5, 5.41) is 2.53. The molecule has 37 heavy (non-hydrogen) atoms. The van der Waals surface area contributed by atoms with Crippen LogP contribution in [0.4, 0.5) is 13.2 Å². The monoisotopic (exact) mass is 509 g/mol. The van der Waals surface area contributed by atoms with E-state index in [1.54, 1.807) is 55.5 Å². The molecule has 1 aliphatic heterocycles. The lowest BCUT2D eigenvalue weighted by atomic mass is 9.81. The van der Waals surface area contributed by atoms with Gasteiger partial charge in [0.25, 0.3) is 5.91 Å². The fourth-order valence-electron chi connectivity index (χ4n) is 4.06. The Kier molecular flexibility index (Phi) is 7.15. The first-order valence-electron chi connectivity index (χ1n) is 11.4. The van der Waals surface area contributed by atoms with Gasteiger partial charge in [-0.25, -0.2) is 9.59 Å². The summed E-state index contributed by atoms with van der Waals surface area (Å²) in [4.78, 5) is 39.5. The van der Waals surface area contributed by atoms with Gasteiger partial charge in [0, 0.05) is 17.5 Å². The van der Waals surface area contributed by atoms with E-state index in [0.717, 1.165) is 12.1 Å². The second-order valence-corrected chi connectivity index (χ2v) is 8.23. The van der Waals surface area contributed by atoms with E-state index in [2.05, 4.69) is 5.32 Å². The van der Waals surface area contributed by atoms with E-state index in [0.29, 0.717) is 5.56 Å². The summed E-state index contributed by atoms with van der Waals surface area (Å²) < 4.78 is 50.5. The van der Waals surface area contributed by atoms with Gasteiger partial charge in [-0.15, -0.1) is 0 Å². The van der Waals surface area contributed by atoms with Gasteiger partial charge in [-0.2, -0.15) is 13.2 Å². The zero-order chi connectivity index (χ0) is 26.6. The molecule has 1 atom stereocenters. The van der Waals surface area contributed by atoms with Crippen LogP contribution in [0, 0.1) is 0 Å². The summed E-state index contributed by atoms with van der Waals surface area (Å²) in [6.07, 6.45) is -4.85. The topological polar surface area (TPSA) is 81.7 Å². The van der Waals surface area contributed by atoms with Crippen molar-refractivity contribution in [1.82, 2.24) is 5.32 Å². The lowest BCUT2D eigenvalue weighted by molar-refractivity contribution is -0.183. The molecule has 0 spiro atoms. The molecule has 0 fully saturated rings. The number of amides is 1. The number of cyclic esters (lactones) is 1. The molecular weight excluding hydrogens is 487 g/mol. The van der Waals surface area contributed by atoms with Crippen LogP contribution in [0.3, 0.4) is 0 Å². The van der Waals surface area contributed by atoms with Crippen LogP contribution in [0.2, 0.25) is 0 Å². The van der Waals surface area contributed by atoms with Gasteiger partial charge in [-0.05, 0) is 42.3 Å². The van der Waals surface area contributed by atoms with Crippen molar-refractivity contribution in [2.24, 2.45) is 0 Å². The number of carbonyl (C=O) groups excluding carboxylic acids is 3. The maximum atomic E-state index is 13.4. The van der Waals surface area contributed by atoms with Gasteiger partial charge < -0.3 is 14.8 Å². The number of hydrogen-bond acceptors (Lipinski definition) is 5. The molecule has 0 aromatic heterocycles. The Balaban J connectivity index is 1.87. The van der Waals surface area contributed by atoms with Gasteiger partial charge in [-0.1, -0.05) is 60.7 Å². The number of benzene rings is 3. The van der Waals surface area contributed by atoms with Crippen molar-refractivity contribution >= 4 is 23.4 Å². The highest BCUT2D eigenvalue weighted by Crippen LogP contribution is 2.43. The molecule has 190 valence electrons. The Bertz CT molecular complexity index is 1340. The van der Waals surface area contributed by atoms with Gasteiger partial charge in [0.2, 0.25) is 5.60 Å². The Morgan fingerprint density at radius 2 is 1.54 bits per heavy atom. The van der Waals surface area contributed by atoms with Crippen molar-refractivity contribution < 1.29 is 37.0 Å². The van der Waals surface area contributed by atoms with Crippen molar-refractivity contribution in [2.75, 3.05) is 6.61 Å². The molecule has 3 aromatic carbocycles. The molecule has 4 rings (SSSR count). The molecule has 0 radical (unpaired) electrons. The maximum Gasteiger partial charge on any atom is 0.416 e. The van der Waals surface area contributed by atoms with E-state index in [1.165, 1.54) is 24.3 Å². The highest BCUT2D eigenvalue weighted by Gasteiger charge is 2.51. The van der Waals surface area contributed by atoms with Crippen LogP contribution >= 0.6 is 0 Å². The van der Waals surface area contributed by atoms with Crippen LogP contribution in [-0.2, 0) is 30.8 Å². The lowest BCUT2D eigenvalue weighted by Crippen LogP contribution is -2.47. The fraction of sp³-hybridized carbons (Fsp3) is 0.179. The van der Waals surface area contributed by atoms with E-state index < -0.39 is 35.2 Å². The van der Waals surface area contributed by atoms with Gasteiger partial charge in [-0.3, -0.25) is 4.79 Å². The van der Waals surface area contributed by atoms with E-state index in [4.69, 9.17) is 9.47 Å². The van der Waals surface area contributed by atoms with Crippen molar-refractivity contribution in [2.45, 2.75) is 25.1 Å². The Hall–Kier alpha value is -4.40. The van der Waals surface area contributed by atoms with E-state index in [9.17, 15) is 27.6 Å². The quantitative estimate of drug-likeness (QED) is 0.459. The first-order valence-corrected chi connectivity index (χ1v) is 11.4. The average molecular weight is 509 g/mol. The van der Waals surface area contributed by atoms with E-state index in [1.807, 2.05) is 0 Å². The molecule has 1 amide bonds. The molecule has 0 unspecified atom stereocenters. The summed E-state index contributed by atoms with van der Waals surface area (Å²) in [5.74, 6) is -2.49. The first kappa shape index (κ1) is 25.7. The predicted molar refractivity (Wildman–Crippen MR) is 128 cm³/mol. The third kappa shape index (κ3) is 5.25. The SMILES string of the molecule is CCOC(=O)[C@@]1(c2ccccc2)CC(c2ccc(C(F)(F)F)cc2)=C(NC(=O)c2ccccc2)C(=O)O1. The standard InChI is InChI=1S/C28H22F3NO5/c1-2-36-26(35)27(20-11-7-4-8-12-20)17-22(18-13-15-21(16-14-18)28(29,30)31)23(25(34)37-27)32-24(33)19-9-5-3-6-10-19/h3-16H,2,17H2,1H3,(H,32,33)/t27-/m0/s1. The number of ether oxygens (including phenoxy) is 2. The van der Waals surface area contributed by atoms with Gasteiger partial charge in [0.1, 0.15) is 5.70 Å². The Morgan fingerprint density at radius 3 is 2.11 bits per heavy atom. The zero-order valence-electron chi connectivity index (χ0n) is 19.7. The molecule has 0 bridgehead atoms. The van der Waals surface area contributed by atoms with Gasteiger partial charge in [0.05, 0.1) is 12.2 Å². The predicted octanol–water partition coefficient (Wildman–Crippen LogP) is 5.25. The van der Waals surface area contributed by atoms with Crippen molar-refractivity contribution in [3.63, 3.8) is 0 Å². The minimum atomic E-state index is -4.57. The number of carbonyl (C=O) groups is 3. The largest absolute Gasteiger partial charge is 0.463 e. The number of nitrogens with one attached hydrogen (secondary N) is 1. The molecule has 0 saturated heterocycles. The van der Waals surface area contributed by atoms with Crippen molar-refractivity contribution in [1.29, 1.82) is 0 Å². The molecular formula is C28H22F3NO5. The number of hydrogen-bond donors (Lipinski definition) is 1. The summed E-state index contributed by atoms with van der Waals surface area (Å²) in [7, 11) is 0. The second kappa shape index (κ2) is 10.3. The molecule has 9 heteroatoms. The van der Waals surface area contributed by atoms with Crippen LogP contribution < -0.4 is 5.32 Å². The third-order valence-corrected chi connectivity index (χ3v) is 5.88. The van der Waals surface area contributed by atoms with Gasteiger partial charge in [0.15, 0.2) is 0 Å². The van der Waals surface area contributed by atoms with Crippen LogP contribution in [0.25, 0.3) is 5.57 Å². The number of esters is 2. The normalized spacial score (nSPS) is 17.7. The molecule has 1 aliphatic rings. The fourth-order valence-corrected chi connectivity index (χ4v) is 4.06. The van der Waals surface area contributed by atoms with E-state index in [-0.39, 0.29) is 35.4 Å². The summed E-state index contributed by atoms with van der Waals surface area (Å²) in [6, 6.07) is 20.4. The van der Waals surface area contributed by atoms with Gasteiger partial charge >= 0.3 is 18.1 Å². The first-order chi connectivity index (χ1) is 17.7. The molecule has 0 aliphatic carbocycles. The third-order valence-electron chi connectivity index (χ3n) is 5.88. The molecule has 1 N–H and O–H groups in total. The smallest absolute Gasteiger partial charge is 0.416 e. The molecule has 6 nitrogen and oxygen atoms in total. The van der Waals surface area contributed by atoms with Crippen molar-refractivity contribution in [3.8, 4) is 0 Å². The molecule has 1 heterocycles. The highest BCUT2D eigenvalue weighted by molar-refractivity contribution is 6.08. The maximum absolute atomic E-state index is 13.4. The number of rotatable bonds is 6. The van der Waals surface area contributed by atoms with Crippen LogP contribution in [0.1, 0.15) is 40.4 Å². The highest BCUT2D eigenvalue weighted by atomic mass is 19.4. The average Bonchev–Trinajstić information content (AvgIpc) is 2.90. The van der Waals surface area contributed by atoms with Crippen LogP contribution in [0.15, 0.2) is 90.6 Å². The minimum Gasteiger partial charge on any atom is -0.463 e. The Labute approximate surface area is 210 Å². The van der Waals surface area contributed by atoms with Crippen molar-refractivity contribution in [3.05, 3.63) is 113 Å². The van der Waals surface area contributed by atoms with Crippen LogP contribution in [-0.4, -0.2) is 24.5 Å². The summed E-state index contributed by atoms with van der Waals surface area (Å²) >= 11 is 0. The lowest BCUT2D eigenvalue weighted by Gasteiger charge is -2.37. The zero-order valence-corrected chi connectivity index (χ0v) is 19.7. The molecule has 3 aromatic rings. The summed E-state index contributed by atoms with van der Waals surface area (Å²) in [6.45, 7) is 1.60. The number of halogens is 3.